The minimum Gasteiger partial charge on any atom is -0.457 e. The molecule has 2 fully saturated rings. The second kappa shape index (κ2) is 10.6. The number of amides is 2. The van der Waals surface area contributed by atoms with Crippen molar-refractivity contribution in [1.82, 2.24) is 0 Å². The molecule has 9 nitrogen and oxygen atoms in total. The number of ether oxygens (including phenoxy) is 2. The zero-order valence-electron chi connectivity index (χ0n) is 20.2. The van der Waals surface area contributed by atoms with E-state index in [1.807, 2.05) is 0 Å². The van der Waals surface area contributed by atoms with Crippen LogP contribution in [0.2, 0.25) is 5.02 Å². The Hall–Kier alpha value is -4.24. The maximum atomic E-state index is 12.9. The van der Waals surface area contributed by atoms with Gasteiger partial charge in [-0.05, 0) is 54.8 Å². The zero-order chi connectivity index (χ0) is 26.8. The fourth-order valence-electron chi connectivity index (χ4n) is 4.89. The molecule has 10 heteroatoms. The third kappa shape index (κ3) is 5.10. The number of carbonyl (C=O) groups excluding carboxylic acids is 3. The summed E-state index contributed by atoms with van der Waals surface area (Å²) >= 11 is 6.07. The van der Waals surface area contributed by atoms with Crippen molar-refractivity contribution in [3.05, 3.63) is 93.0 Å². The SMILES string of the molecule is O=C(OCc1ccc(Oc2ccc([N+](=O)[O-])cc2Cl)cc1)c1cccc(N2C(=O)[C@H]3CCCC[C@H]3C2=O)c1. The van der Waals surface area contributed by atoms with Crippen molar-refractivity contribution in [2.24, 2.45) is 11.8 Å². The lowest BCUT2D eigenvalue weighted by atomic mass is 9.81. The number of rotatable bonds is 7. The number of fused-ring (bicyclic) bond motifs is 1. The molecule has 1 saturated carbocycles. The lowest BCUT2D eigenvalue weighted by molar-refractivity contribution is -0.384. The van der Waals surface area contributed by atoms with Gasteiger partial charge in [0.25, 0.3) is 5.69 Å². The van der Waals surface area contributed by atoms with Crippen LogP contribution in [-0.4, -0.2) is 22.7 Å². The fourth-order valence-corrected chi connectivity index (χ4v) is 5.10. The standard InChI is InChI=1S/C28H23ClN2O7/c29-24-15-20(31(35)36)10-13-25(24)38-21-11-8-17(9-12-21)16-37-28(34)18-4-3-5-19(14-18)30-26(32)22-6-1-2-7-23(22)27(30)33/h3-5,8-15,22-23H,1-2,6-7,16H2/t22-,23+. The first-order valence-electron chi connectivity index (χ1n) is 12.2. The van der Waals surface area contributed by atoms with Gasteiger partial charge in [0.15, 0.2) is 0 Å². The molecule has 1 saturated heterocycles. The molecule has 5 rings (SSSR count). The van der Waals surface area contributed by atoms with E-state index < -0.39 is 10.9 Å². The number of benzene rings is 3. The van der Waals surface area contributed by atoms with Gasteiger partial charge in [-0.1, -0.05) is 42.6 Å². The number of nitro groups is 1. The number of anilines is 1. The Morgan fingerprint density at radius 1 is 0.974 bits per heavy atom. The first-order valence-corrected chi connectivity index (χ1v) is 12.6. The van der Waals surface area contributed by atoms with Crippen LogP contribution in [0.5, 0.6) is 11.5 Å². The van der Waals surface area contributed by atoms with E-state index in [-0.39, 0.29) is 52.3 Å². The van der Waals surface area contributed by atoms with Crippen LogP contribution in [0, 0.1) is 22.0 Å². The van der Waals surface area contributed by atoms with E-state index in [2.05, 4.69) is 0 Å². The summed E-state index contributed by atoms with van der Waals surface area (Å²) in [6.45, 7) is -0.00659. The van der Waals surface area contributed by atoms with E-state index in [9.17, 15) is 24.5 Å². The maximum Gasteiger partial charge on any atom is 0.338 e. The number of hydrogen-bond donors (Lipinski definition) is 0. The van der Waals surface area contributed by atoms with Crippen LogP contribution in [0.4, 0.5) is 11.4 Å². The number of esters is 1. The summed E-state index contributed by atoms with van der Waals surface area (Å²) < 4.78 is 11.1. The lowest BCUT2D eigenvalue weighted by Crippen LogP contribution is -2.31. The summed E-state index contributed by atoms with van der Waals surface area (Å²) in [5, 5.41) is 11.0. The molecule has 194 valence electrons. The van der Waals surface area contributed by atoms with Crippen molar-refractivity contribution in [2.75, 3.05) is 4.90 Å². The summed E-state index contributed by atoms with van der Waals surface area (Å²) in [6, 6.07) is 17.0. The lowest BCUT2D eigenvalue weighted by Gasteiger charge is -2.19. The van der Waals surface area contributed by atoms with Crippen LogP contribution >= 0.6 is 11.6 Å². The van der Waals surface area contributed by atoms with Crippen LogP contribution in [0.15, 0.2) is 66.7 Å². The quantitative estimate of drug-likeness (QED) is 0.156. The molecule has 0 radical (unpaired) electrons. The fraction of sp³-hybridized carbons (Fsp3) is 0.250. The average molecular weight is 535 g/mol. The molecule has 1 aliphatic heterocycles. The molecule has 3 aromatic carbocycles. The topological polar surface area (TPSA) is 116 Å². The Bertz CT molecular complexity index is 1400. The number of hydrogen-bond acceptors (Lipinski definition) is 7. The number of imide groups is 1. The number of nitrogens with zero attached hydrogens (tertiary/aromatic N) is 2. The molecule has 2 aliphatic rings. The van der Waals surface area contributed by atoms with Gasteiger partial charge in [-0.25, -0.2) is 4.79 Å². The summed E-state index contributed by atoms with van der Waals surface area (Å²) in [5.74, 6) is -0.786. The van der Waals surface area contributed by atoms with Crippen LogP contribution < -0.4 is 9.64 Å². The van der Waals surface area contributed by atoms with Crippen LogP contribution in [0.1, 0.15) is 41.6 Å². The van der Waals surface area contributed by atoms with Crippen molar-refractivity contribution in [3.63, 3.8) is 0 Å². The molecule has 0 bridgehead atoms. The molecule has 0 spiro atoms. The van der Waals surface area contributed by atoms with Gasteiger partial charge in [0.05, 0.1) is 33.0 Å². The molecule has 38 heavy (non-hydrogen) atoms. The second-order valence-corrected chi connectivity index (χ2v) is 9.66. The predicted molar refractivity (Wildman–Crippen MR) is 138 cm³/mol. The third-order valence-corrected chi connectivity index (χ3v) is 7.12. The third-order valence-electron chi connectivity index (χ3n) is 6.83. The number of carbonyl (C=O) groups is 3. The van der Waals surface area contributed by atoms with Crippen molar-refractivity contribution in [1.29, 1.82) is 0 Å². The van der Waals surface area contributed by atoms with E-state index in [4.69, 9.17) is 21.1 Å². The van der Waals surface area contributed by atoms with Crippen molar-refractivity contribution in [3.8, 4) is 11.5 Å². The normalized spacial score (nSPS) is 18.7. The molecule has 0 unspecified atom stereocenters. The Balaban J connectivity index is 1.21. The van der Waals surface area contributed by atoms with Crippen LogP contribution in [0.25, 0.3) is 0 Å². The van der Waals surface area contributed by atoms with Crippen molar-refractivity contribution < 1.29 is 28.8 Å². The van der Waals surface area contributed by atoms with Crippen molar-refractivity contribution >= 4 is 40.8 Å². The van der Waals surface area contributed by atoms with Gasteiger partial charge in [0.1, 0.15) is 18.1 Å². The Morgan fingerprint density at radius 3 is 2.29 bits per heavy atom. The van der Waals surface area contributed by atoms with Gasteiger partial charge in [0, 0.05) is 12.1 Å². The van der Waals surface area contributed by atoms with Crippen molar-refractivity contribution in [2.45, 2.75) is 32.3 Å². The monoisotopic (exact) mass is 534 g/mol. The molecule has 2 amide bonds. The van der Waals surface area contributed by atoms with E-state index in [0.717, 1.165) is 25.7 Å². The molecule has 0 N–H and O–H groups in total. The number of nitro benzene ring substituents is 1. The summed E-state index contributed by atoms with van der Waals surface area (Å²) in [6.07, 6.45) is 3.33. The minimum absolute atomic E-state index is 0.00659. The number of non-ortho nitro benzene ring substituents is 1. The number of halogens is 1. The summed E-state index contributed by atoms with van der Waals surface area (Å²) in [7, 11) is 0. The highest BCUT2D eigenvalue weighted by molar-refractivity contribution is 6.32. The van der Waals surface area contributed by atoms with Gasteiger partial charge >= 0.3 is 5.97 Å². The highest BCUT2D eigenvalue weighted by Crippen LogP contribution is 2.40. The Kier molecular flexibility index (Phi) is 7.11. The predicted octanol–water partition coefficient (Wildman–Crippen LogP) is 6.08. The van der Waals surface area contributed by atoms with E-state index in [1.54, 1.807) is 42.5 Å². The largest absolute Gasteiger partial charge is 0.457 e. The second-order valence-electron chi connectivity index (χ2n) is 9.25. The summed E-state index contributed by atoms with van der Waals surface area (Å²) in [4.78, 5) is 50.0. The van der Waals surface area contributed by atoms with Gasteiger partial charge in [-0.2, -0.15) is 0 Å². The molecular formula is C28H23ClN2O7. The average Bonchev–Trinajstić information content (AvgIpc) is 3.18. The molecule has 1 aliphatic carbocycles. The molecule has 2 atom stereocenters. The smallest absolute Gasteiger partial charge is 0.338 e. The van der Waals surface area contributed by atoms with Gasteiger partial charge < -0.3 is 9.47 Å². The Labute approximate surface area is 223 Å². The van der Waals surface area contributed by atoms with Crippen LogP contribution in [0.3, 0.4) is 0 Å². The molecule has 1 heterocycles. The molecule has 3 aromatic rings. The zero-order valence-corrected chi connectivity index (χ0v) is 20.9. The minimum atomic E-state index is -0.582. The van der Waals surface area contributed by atoms with Crippen LogP contribution in [-0.2, 0) is 20.9 Å². The molecule has 0 aromatic heterocycles. The van der Waals surface area contributed by atoms with Gasteiger partial charge in [-0.15, -0.1) is 0 Å². The van der Waals surface area contributed by atoms with E-state index >= 15 is 0 Å². The summed E-state index contributed by atoms with van der Waals surface area (Å²) in [5.41, 5.74) is 1.19. The Morgan fingerprint density at radius 2 is 1.66 bits per heavy atom. The highest BCUT2D eigenvalue weighted by Gasteiger charge is 2.48. The van der Waals surface area contributed by atoms with Gasteiger partial charge in [0.2, 0.25) is 11.8 Å². The maximum absolute atomic E-state index is 12.9. The molecular weight excluding hydrogens is 512 g/mol. The van der Waals surface area contributed by atoms with Gasteiger partial charge in [-0.3, -0.25) is 24.6 Å². The highest BCUT2D eigenvalue weighted by atomic mass is 35.5. The van der Waals surface area contributed by atoms with E-state index in [0.29, 0.717) is 17.0 Å². The first-order chi connectivity index (χ1) is 18.3. The van der Waals surface area contributed by atoms with E-state index in [1.165, 1.54) is 29.2 Å². The first kappa shape index (κ1) is 25.4.